The van der Waals surface area contributed by atoms with Gasteiger partial charge < -0.3 is 4.74 Å². The zero-order chi connectivity index (χ0) is 13.7. The van der Waals surface area contributed by atoms with E-state index in [0.29, 0.717) is 5.56 Å². The number of methoxy groups -OCH3 is 1. The van der Waals surface area contributed by atoms with Gasteiger partial charge in [0.1, 0.15) is 5.75 Å². The van der Waals surface area contributed by atoms with Crippen molar-refractivity contribution < 1.29 is 9.66 Å². The van der Waals surface area contributed by atoms with Gasteiger partial charge in [0.05, 0.1) is 17.6 Å². The third-order valence-corrected chi connectivity index (χ3v) is 2.71. The molecule has 0 aromatic heterocycles. The molecule has 0 N–H and O–H groups in total. The van der Waals surface area contributed by atoms with Crippen molar-refractivity contribution in [3.8, 4) is 5.75 Å². The maximum absolute atomic E-state index is 10.9. The Balaban J connectivity index is 2.35. The second-order valence-electron chi connectivity index (χ2n) is 3.89. The SMILES string of the molecule is COc1ccccc1/C=C/c1ccccc1[N+](=O)[O-]. The smallest absolute Gasteiger partial charge is 0.276 e. The molecule has 0 spiro atoms. The van der Waals surface area contributed by atoms with Crippen LogP contribution in [0.15, 0.2) is 48.5 Å². The van der Waals surface area contributed by atoms with Gasteiger partial charge in [-0.1, -0.05) is 36.4 Å². The lowest BCUT2D eigenvalue weighted by molar-refractivity contribution is -0.385. The fourth-order valence-electron chi connectivity index (χ4n) is 1.78. The van der Waals surface area contributed by atoms with Crippen LogP contribution >= 0.6 is 0 Å². The third-order valence-electron chi connectivity index (χ3n) is 2.71. The number of ether oxygens (including phenoxy) is 1. The predicted octanol–water partition coefficient (Wildman–Crippen LogP) is 3.77. The summed E-state index contributed by atoms with van der Waals surface area (Å²) in [5.41, 5.74) is 1.54. The van der Waals surface area contributed by atoms with Crippen LogP contribution < -0.4 is 4.74 Å². The van der Waals surface area contributed by atoms with Crippen molar-refractivity contribution in [1.29, 1.82) is 0 Å². The fourth-order valence-corrected chi connectivity index (χ4v) is 1.78. The van der Waals surface area contributed by atoms with Crippen molar-refractivity contribution >= 4 is 17.8 Å². The number of benzene rings is 2. The van der Waals surface area contributed by atoms with Gasteiger partial charge >= 0.3 is 0 Å². The van der Waals surface area contributed by atoms with Crippen molar-refractivity contribution in [2.75, 3.05) is 7.11 Å². The highest BCUT2D eigenvalue weighted by Gasteiger charge is 2.09. The molecule has 0 saturated heterocycles. The van der Waals surface area contributed by atoms with Crippen LogP contribution in [0.3, 0.4) is 0 Å². The highest BCUT2D eigenvalue weighted by atomic mass is 16.6. The molecule has 2 rings (SSSR count). The first-order valence-electron chi connectivity index (χ1n) is 5.77. The molecular formula is C15H13NO3. The molecule has 96 valence electrons. The molecule has 0 aliphatic rings. The maximum atomic E-state index is 10.9. The Morgan fingerprint density at radius 1 is 1.00 bits per heavy atom. The van der Waals surface area contributed by atoms with Crippen molar-refractivity contribution in [2.24, 2.45) is 0 Å². The summed E-state index contributed by atoms with van der Waals surface area (Å²) in [6.45, 7) is 0. The van der Waals surface area contributed by atoms with Crippen molar-refractivity contribution in [3.05, 3.63) is 69.8 Å². The second kappa shape index (κ2) is 5.82. The van der Waals surface area contributed by atoms with Crippen LogP contribution in [0.5, 0.6) is 5.75 Å². The van der Waals surface area contributed by atoms with Gasteiger partial charge in [-0.15, -0.1) is 0 Å². The second-order valence-corrected chi connectivity index (χ2v) is 3.89. The molecule has 2 aromatic carbocycles. The van der Waals surface area contributed by atoms with Crippen LogP contribution in [0.1, 0.15) is 11.1 Å². The van der Waals surface area contributed by atoms with Gasteiger partial charge in [0.2, 0.25) is 0 Å². The molecule has 0 radical (unpaired) electrons. The van der Waals surface area contributed by atoms with E-state index in [4.69, 9.17) is 4.74 Å². The largest absolute Gasteiger partial charge is 0.496 e. The van der Waals surface area contributed by atoms with E-state index in [-0.39, 0.29) is 10.6 Å². The molecule has 4 heteroatoms. The molecule has 4 nitrogen and oxygen atoms in total. The molecule has 0 heterocycles. The normalized spacial score (nSPS) is 10.6. The topological polar surface area (TPSA) is 52.4 Å². The van der Waals surface area contributed by atoms with Gasteiger partial charge in [0, 0.05) is 11.6 Å². The molecule has 2 aromatic rings. The number of nitro groups is 1. The monoisotopic (exact) mass is 255 g/mol. The summed E-state index contributed by atoms with van der Waals surface area (Å²) in [6.07, 6.45) is 3.52. The summed E-state index contributed by atoms with van der Waals surface area (Å²) >= 11 is 0. The quantitative estimate of drug-likeness (QED) is 0.474. The average molecular weight is 255 g/mol. The Kier molecular flexibility index (Phi) is 3.93. The highest BCUT2D eigenvalue weighted by molar-refractivity contribution is 5.76. The molecular weight excluding hydrogens is 242 g/mol. The first-order chi connectivity index (χ1) is 9.22. The Bertz CT molecular complexity index is 620. The van der Waals surface area contributed by atoms with Crippen molar-refractivity contribution in [3.63, 3.8) is 0 Å². The lowest BCUT2D eigenvalue weighted by atomic mass is 10.1. The number of rotatable bonds is 4. The van der Waals surface area contributed by atoms with E-state index >= 15 is 0 Å². The minimum absolute atomic E-state index is 0.0913. The van der Waals surface area contributed by atoms with Crippen LogP contribution in [0.25, 0.3) is 12.2 Å². The van der Waals surface area contributed by atoms with Crippen molar-refractivity contribution in [1.82, 2.24) is 0 Å². The van der Waals surface area contributed by atoms with Gasteiger partial charge in [-0.2, -0.15) is 0 Å². The lowest BCUT2D eigenvalue weighted by Gasteiger charge is -2.03. The van der Waals surface area contributed by atoms with Crippen LogP contribution in [0.4, 0.5) is 5.69 Å². The van der Waals surface area contributed by atoms with E-state index in [2.05, 4.69) is 0 Å². The van der Waals surface area contributed by atoms with Crippen LogP contribution in [0.2, 0.25) is 0 Å². The summed E-state index contributed by atoms with van der Waals surface area (Å²) in [5.74, 6) is 0.734. The average Bonchev–Trinajstić information content (AvgIpc) is 2.45. The summed E-state index contributed by atoms with van der Waals surface area (Å²) in [5, 5.41) is 10.9. The molecule has 0 unspecified atom stereocenters. The van der Waals surface area contributed by atoms with E-state index in [1.54, 1.807) is 37.5 Å². The first-order valence-corrected chi connectivity index (χ1v) is 5.77. The van der Waals surface area contributed by atoms with Crippen LogP contribution in [-0.2, 0) is 0 Å². The Hall–Kier alpha value is -2.62. The van der Waals surface area contributed by atoms with Crippen LogP contribution in [-0.4, -0.2) is 12.0 Å². The molecule has 0 aliphatic carbocycles. The van der Waals surface area contributed by atoms with Gasteiger partial charge in [-0.3, -0.25) is 10.1 Å². The first kappa shape index (κ1) is 12.8. The number of nitrogens with zero attached hydrogens (tertiary/aromatic N) is 1. The number of hydrogen-bond acceptors (Lipinski definition) is 3. The molecule has 0 amide bonds. The minimum atomic E-state index is -0.387. The number of nitro benzene ring substituents is 1. The van der Waals surface area contributed by atoms with E-state index in [1.165, 1.54) is 6.07 Å². The van der Waals surface area contributed by atoms with E-state index in [1.807, 2.05) is 24.3 Å². The lowest BCUT2D eigenvalue weighted by Crippen LogP contribution is -1.90. The van der Waals surface area contributed by atoms with Gasteiger partial charge in [0.15, 0.2) is 0 Å². The Labute approximate surface area is 111 Å². The molecule has 0 bridgehead atoms. The standard InChI is InChI=1S/C15H13NO3/c1-19-15-9-5-3-7-13(15)11-10-12-6-2-4-8-14(12)16(17)18/h2-11H,1H3/b11-10+. The summed E-state index contributed by atoms with van der Waals surface area (Å²) in [7, 11) is 1.59. The van der Waals surface area contributed by atoms with Gasteiger partial charge in [0.25, 0.3) is 5.69 Å². The minimum Gasteiger partial charge on any atom is -0.496 e. The molecule has 0 fully saturated rings. The highest BCUT2D eigenvalue weighted by Crippen LogP contribution is 2.23. The zero-order valence-electron chi connectivity index (χ0n) is 10.4. The van der Waals surface area contributed by atoms with Gasteiger partial charge in [-0.05, 0) is 18.2 Å². The molecule has 0 saturated carbocycles. The maximum Gasteiger partial charge on any atom is 0.276 e. The zero-order valence-corrected chi connectivity index (χ0v) is 10.4. The predicted molar refractivity (Wildman–Crippen MR) is 75.0 cm³/mol. The Morgan fingerprint density at radius 3 is 2.26 bits per heavy atom. The van der Waals surface area contributed by atoms with Crippen LogP contribution in [0, 0.1) is 10.1 Å². The molecule has 0 atom stereocenters. The van der Waals surface area contributed by atoms with E-state index in [9.17, 15) is 10.1 Å². The summed E-state index contributed by atoms with van der Waals surface area (Å²) < 4.78 is 5.23. The summed E-state index contributed by atoms with van der Waals surface area (Å²) in [4.78, 5) is 10.5. The number of para-hydroxylation sites is 2. The fraction of sp³-hybridized carbons (Fsp3) is 0.0667. The molecule has 0 aliphatic heterocycles. The third kappa shape index (κ3) is 2.98. The molecule has 19 heavy (non-hydrogen) atoms. The number of hydrogen-bond donors (Lipinski definition) is 0. The summed E-state index contributed by atoms with van der Waals surface area (Å²) in [6, 6.07) is 14.1. The Morgan fingerprint density at radius 2 is 1.58 bits per heavy atom. The van der Waals surface area contributed by atoms with E-state index in [0.717, 1.165) is 11.3 Å². The van der Waals surface area contributed by atoms with E-state index < -0.39 is 0 Å². The van der Waals surface area contributed by atoms with Crippen molar-refractivity contribution in [2.45, 2.75) is 0 Å². The van der Waals surface area contributed by atoms with Gasteiger partial charge in [-0.25, -0.2) is 0 Å².